The summed E-state index contributed by atoms with van der Waals surface area (Å²) in [5.41, 5.74) is 0.546. The predicted molar refractivity (Wildman–Crippen MR) is 95.2 cm³/mol. The Morgan fingerprint density at radius 3 is 2.52 bits per heavy atom. The number of carbonyl (C=O) groups excluding carboxylic acids is 3. The van der Waals surface area contributed by atoms with Crippen LogP contribution in [0.3, 0.4) is 0 Å². The molecule has 2 amide bonds. The SMILES string of the molecule is COC(=O)CC(NC(=O)CCNC(=O)c1ccccc1)c1cccs1. The highest BCUT2D eigenvalue weighted by Crippen LogP contribution is 2.22. The predicted octanol–water partition coefficient (Wildman–Crippen LogP) is 2.29. The molecule has 0 fully saturated rings. The van der Waals surface area contributed by atoms with Crippen LogP contribution in [0.25, 0.3) is 0 Å². The normalized spacial score (nSPS) is 11.4. The number of esters is 1. The maximum absolute atomic E-state index is 12.1. The van der Waals surface area contributed by atoms with Crippen LogP contribution in [-0.4, -0.2) is 31.4 Å². The summed E-state index contributed by atoms with van der Waals surface area (Å²) < 4.78 is 4.68. The summed E-state index contributed by atoms with van der Waals surface area (Å²) in [6.45, 7) is 0.217. The van der Waals surface area contributed by atoms with Gasteiger partial charge in [0, 0.05) is 23.4 Å². The van der Waals surface area contributed by atoms with Gasteiger partial charge in [-0.25, -0.2) is 0 Å². The Morgan fingerprint density at radius 2 is 1.88 bits per heavy atom. The minimum atomic E-state index is -0.426. The fourth-order valence-corrected chi connectivity index (χ4v) is 2.99. The standard InChI is InChI=1S/C18H20N2O4S/c1-24-17(22)12-14(15-8-5-11-25-15)20-16(21)9-10-19-18(23)13-6-3-2-4-7-13/h2-8,11,14H,9-10,12H2,1H3,(H,19,23)(H,20,21). The van der Waals surface area contributed by atoms with Crippen molar-refractivity contribution in [2.45, 2.75) is 18.9 Å². The van der Waals surface area contributed by atoms with Gasteiger partial charge in [0.2, 0.25) is 5.91 Å². The zero-order valence-corrected chi connectivity index (χ0v) is 14.7. The lowest BCUT2D eigenvalue weighted by Crippen LogP contribution is -2.33. The summed E-state index contributed by atoms with van der Waals surface area (Å²) >= 11 is 1.46. The second-order valence-electron chi connectivity index (χ2n) is 5.29. The fourth-order valence-electron chi connectivity index (χ4n) is 2.21. The molecular weight excluding hydrogens is 340 g/mol. The average molecular weight is 360 g/mol. The molecule has 1 heterocycles. The van der Waals surface area contributed by atoms with Crippen LogP contribution in [0.2, 0.25) is 0 Å². The van der Waals surface area contributed by atoms with E-state index in [-0.39, 0.29) is 31.2 Å². The van der Waals surface area contributed by atoms with Gasteiger partial charge in [-0.2, -0.15) is 0 Å². The maximum Gasteiger partial charge on any atom is 0.307 e. The Morgan fingerprint density at radius 1 is 1.12 bits per heavy atom. The third-order valence-electron chi connectivity index (χ3n) is 3.49. The van der Waals surface area contributed by atoms with Crippen molar-refractivity contribution < 1.29 is 19.1 Å². The van der Waals surface area contributed by atoms with Crippen molar-refractivity contribution in [1.82, 2.24) is 10.6 Å². The Labute approximate surface area is 150 Å². The minimum Gasteiger partial charge on any atom is -0.469 e. The molecule has 132 valence electrons. The van der Waals surface area contributed by atoms with Crippen LogP contribution in [0.4, 0.5) is 0 Å². The van der Waals surface area contributed by atoms with Crippen LogP contribution in [0, 0.1) is 0 Å². The van der Waals surface area contributed by atoms with Crippen LogP contribution in [-0.2, 0) is 14.3 Å². The zero-order valence-electron chi connectivity index (χ0n) is 13.9. The molecule has 0 saturated heterocycles. The lowest BCUT2D eigenvalue weighted by atomic mass is 10.1. The quantitative estimate of drug-likeness (QED) is 0.708. The lowest BCUT2D eigenvalue weighted by Gasteiger charge is -2.16. The van der Waals surface area contributed by atoms with Crippen LogP contribution in [0.15, 0.2) is 47.8 Å². The van der Waals surface area contributed by atoms with Crippen molar-refractivity contribution in [2.75, 3.05) is 13.7 Å². The Hall–Kier alpha value is -2.67. The van der Waals surface area contributed by atoms with Crippen LogP contribution in [0.1, 0.15) is 34.1 Å². The van der Waals surface area contributed by atoms with E-state index < -0.39 is 12.0 Å². The number of hydrogen-bond acceptors (Lipinski definition) is 5. The molecule has 7 heteroatoms. The number of hydrogen-bond donors (Lipinski definition) is 2. The summed E-state index contributed by atoms with van der Waals surface area (Å²) in [5.74, 6) is -0.857. The van der Waals surface area contributed by atoms with E-state index >= 15 is 0 Å². The molecule has 0 aliphatic rings. The first-order valence-electron chi connectivity index (χ1n) is 7.83. The molecule has 1 aromatic heterocycles. The zero-order chi connectivity index (χ0) is 18.1. The van der Waals surface area contributed by atoms with Crippen molar-refractivity contribution in [3.05, 3.63) is 58.3 Å². The van der Waals surface area contributed by atoms with Crippen molar-refractivity contribution in [2.24, 2.45) is 0 Å². The highest BCUT2D eigenvalue weighted by atomic mass is 32.1. The minimum absolute atomic E-state index is 0.0686. The van der Waals surface area contributed by atoms with E-state index in [1.54, 1.807) is 24.3 Å². The number of ether oxygens (including phenoxy) is 1. The summed E-state index contributed by atoms with van der Waals surface area (Å²) in [4.78, 5) is 36.5. The van der Waals surface area contributed by atoms with Crippen molar-refractivity contribution in [3.8, 4) is 0 Å². The van der Waals surface area contributed by atoms with Gasteiger partial charge in [0.1, 0.15) is 0 Å². The number of thiophene rings is 1. The van der Waals surface area contributed by atoms with Gasteiger partial charge < -0.3 is 15.4 Å². The molecule has 1 unspecified atom stereocenters. The molecule has 0 bridgehead atoms. The van der Waals surface area contributed by atoms with Gasteiger partial charge in [-0.1, -0.05) is 24.3 Å². The molecule has 0 aliphatic carbocycles. The van der Waals surface area contributed by atoms with E-state index in [9.17, 15) is 14.4 Å². The number of nitrogens with one attached hydrogen (secondary N) is 2. The Kier molecular flexibility index (Phi) is 7.16. The number of methoxy groups -OCH3 is 1. The first kappa shape index (κ1) is 18.7. The number of rotatable bonds is 8. The summed E-state index contributed by atoms with van der Waals surface area (Å²) in [6, 6.07) is 12.1. The van der Waals surface area contributed by atoms with Gasteiger partial charge in [-0.3, -0.25) is 14.4 Å². The smallest absolute Gasteiger partial charge is 0.307 e. The largest absolute Gasteiger partial charge is 0.469 e. The van der Waals surface area contributed by atoms with E-state index in [0.717, 1.165) is 4.88 Å². The highest BCUT2D eigenvalue weighted by Gasteiger charge is 2.19. The van der Waals surface area contributed by atoms with E-state index in [0.29, 0.717) is 5.56 Å². The molecule has 1 aromatic carbocycles. The molecular formula is C18H20N2O4S. The monoisotopic (exact) mass is 360 g/mol. The molecule has 0 aliphatic heterocycles. The van der Waals surface area contributed by atoms with Crippen LogP contribution >= 0.6 is 11.3 Å². The first-order valence-corrected chi connectivity index (χ1v) is 8.71. The molecule has 25 heavy (non-hydrogen) atoms. The van der Waals surface area contributed by atoms with Gasteiger partial charge in [-0.15, -0.1) is 11.3 Å². The van der Waals surface area contributed by atoms with Gasteiger partial charge in [-0.05, 0) is 23.6 Å². The summed E-state index contributed by atoms with van der Waals surface area (Å²) in [6.07, 6.45) is 0.195. The average Bonchev–Trinajstić information content (AvgIpc) is 3.16. The Balaban J connectivity index is 1.82. The Bertz CT molecular complexity index is 701. The fraction of sp³-hybridized carbons (Fsp3) is 0.278. The van der Waals surface area contributed by atoms with Crippen molar-refractivity contribution >= 4 is 29.1 Å². The van der Waals surface area contributed by atoms with Gasteiger partial charge in [0.25, 0.3) is 5.91 Å². The van der Waals surface area contributed by atoms with Gasteiger partial charge in [0.15, 0.2) is 0 Å². The van der Waals surface area contributed by atoms with E-state index in [4.69, 9.17) is 0 Å². The van der Waals surface area contributed by atoms with E-state index in [1.807, 2.05) is 23.6 Å². The first-order chi connectivity index (χ1) is 12.1. The van der Waals surface area contributed by atoms with E-state index in [1.165, 1.54) is 18.4 Å². The molecule has 0 spiro atoms. The third kappa shape index (κ3) is 6.04. The van der Waals surface area contributed by atoms with E-state index in [2.05, 4.69) is 15.4 Å². The maximum atomic E-state index is 12.1. The third-order valence-corrected chi connectivity index (χ3v) is 4.48. The number of amides is 2. The van der Waals surface area contributed by atoms with Gasteiger partial charge in [0.05, 0.1) is 19.6 Å². The molecule has 1 atom stereocenters. The van der Waals surface area contributed by atoms with Crippen LogP contribution in [0.5, 0.6) is 0 Å². The van der Waals surface area contributed by atoms with Gasteiger partial charge >= 0.3 is 5.97 Å². The molecule has 2 rings (SSSR count). The molecule has 0 saturated carbocycles. The van der Waals surface area contributed by atoms with Crippen molar-refractivity contribution in [1.29, 1.82) is 0 Å². The molecule has 0 radical (unpaired) electrons. The molecule has 6 nitrogen and oxygen atoms in total. The second kappa shape index (κ2) is 9.58. The number of carbonyl (C=O) groups is 3. The topological polar surface area (TPSA) is 84.5 Å². The van der Waals surface area contributed by atoms with Crippen molar-refractivity contribution in [3.63, 3.8) is 0 Å². The highest BCUT2D eigenvalue weighted by molar-refractivity contribution is 7.10. The summed E-state index contributed by atoms with van der Waals surface area (Å²) in [7, 11) is 1.31. The second-order valence-corrected chi connectivity index (χ2v) is 6.27. The van der Waals surface area contributed by atoms with Crippen LogP contribution < -0.4 is 10.6 Å². The number of benzene rings is 1. The summed E-state index contributed by atoms with van der Waals surface area (Å²) in [5, 5.41) is 7.40. The molecule has 2 aromatic rings. The molecule has 2 N–H and O–H groups in total. The lowest BCUT2D eigenvalue weighted by molar-refractivity contribution is -0.141.